The van der Waals surface area contributed by atoms with Crippen molar-refractivity contribution in [3.63, 3.8) is 0 Å². The molecule has 1 aromatic carbocycles. The molecule has 2 atom stereocenters. The first-order chi connectivity index (χ1) is 11.2. The van der Waals surface area contributed by atoms with E-state index in [1.807, 2.05) is 12.1 Å². The summed E-state index contributed by atoms with van der Waals surface area (Å²) in [6, 6.07) is 5.41. The Balaban J connectivity index is 1.68. The monoisotopic (exact) mass is 333 g/mol. The molecule has 1 aromatic heterocycles. The second kappa shape index (κ2) is 7.06. The van der Waals surface area contributed by atoms with E-state index in [1.165, 1.54) is 16.8 Å². The Kier molecular flexibility index (Phi) is 4.88. The summed E-state index contributed by atoms with van der Waals surface area (Å²) in [7, 11) is 1.65. The van der Waals surface area contributed by atoms with Crippen LogP contribution in [0, 0.1) is 0 Å². The van der Waals surface area contributed by atoms with Gasteiger partial charge in [-0.2, -0.15) is 0 Å². The van der Waals surface area contributed by atoms with Crippen LogP contribution in [0.15, 0.2) is 41.8 Å². The summed E-state index contributed by atoms with van der Waals surface area (Å²) in [5.41, 5.74) is 1.18. The number of carbonyl (C=O) groups excluding carboxylic acids is 1. The number of nitrogens with one attached hydrogen (secondary N) is 1. The number of amides is 1. The van der Waals surface area contributed by atoms with E-state index in [1.54, 1.807) is 35.8 Å². The van der Waals surface area contributed by atoms with Crippen LogP contribution in [0.5, 0.6) is 5.75 Å². The highest BCUT2D eigenvalue weighted by Gasteiger charge is 2.25. The SMILES string of the molecule is COc1ccc2c(c1)CC(NC(=O)C(CO)n1ccnc1)CS2. The van der Waals surface area contributed by atoms with Gasteiger partial charge in [0.1, 0.15) is 11.8 Å². The Morgan fingerprint density at radius 1 is 1.61 bits per heavy atom. The zero-order valence-electron chi connectivity index (χ0n) is 12.8. The van der Waals surface area contributed by atoms with Crippen molar-refractivity contribution in [2.24, 2.45) is 0 Å². The topological polar surface area (TPSA) is 76.4 Å². The molecule has 0 saturated heterocycles. The first-order valence-electron chi connectivity index (χ1n) is 7.39. The molecule has 0 bridgehead atoms. The molecule has 2 N–H and O–H groups in total. The molecule has 122 valence electrons. The third-order valence-electron chi connectivity index (χ3n) is 3.88. The zero-order valence-corrected chi connectivity index (χ0v) is 13.6. The van der Waals surface area contributed by atoms with Crippen molar-refractivity contribution < 1.29 is 14.6 Å². The number of hydrogen-bond donors (Lipinski definition) is 2. The van der Waals surface area contributed by atoms with E-state index < -0.39 is 6.04 Å². The molecule has 2 heterocycles. The number of benzene rings is 1. The highest BCUT2D eigenvalue weighted by atomic mass is 32.2. The van der Waals surface area contributed by atoms with Crippen LogP contribution in [-0.2, 0) is 11.2 Å². The van der Waals surface area contributed by atoms with Gasteiger partial charge < -0.3 is 19.7 Å². The molecule has 23 heavy (non-hydrogen) atoms. The molecule has 6 nitrogen and oxygen atoms in total. The number of carbonyl (C=O) groups is 1. The number of rotatable bonds is 5. The number of methoxy groups -OCH3 is 1. The Morgan fingerprint density at radius 3 is 3.17 bits per heavy atom. The largest absolute Gasteiger partial charge is 0.497 e. The number of nitrogens with zero attached hydrogens (tertiary/aromatic N) is 2. The predicted molar refractivity (Wildman–Crippen MR) is 87.7 cm³/mol. The lowest BCUT2D eigenvalue weighted by Gasteiger charge is -2.27. The van der Waals surface area contributed by atoms with Gasteiger partial charge in [-0.25, -0.2) is 4.98 Å². The minimum Gasteiger partial charge on any atom is -0.497 e. The molecule has 7 heteroatoms. The summed E-state index contributed by atoms with van der Waals surface area (Å²) in [5.74, 6) is 1.44. The number of thioether (sulfide) groups is 1. The zero-order chi connectivity index (χ0) is 16.2. The summed E-state index contributed by atoms with van der Waals surface area (Å²) in [6.07, 6.45) is 5.56. The highest BCUT2D eigenvalue weighted by Crippen LogP contribution is 2.32. The van der Waals surface area contributed by atoms with Crippen molar-refractivity contribution in [3.8, 4) is 5.75 Å². The number of aromatic nitrogens is 2. The lowest BCUT2D eigenvalue weighted by atomic mass is 10.1. The summed E-state index contributed by atoms with van der Waals surface area (Å²) in [4.78, 5) is 17.6. The van der Waals surface area contributed by atoms with Gasteiger partial charge in [0.2, 0.25) is 5.91 Å². The van der Waals surface area contributed by atoms with E-state index in [0.717, 1.165) is 17.9 Å². The minimum absolute atomic E-state index is 0.0321. The Labute approximate surface area is 138 Å². The molecular weight excluding hydrogens is 314 g/mol. The summed E-state index contributed by atoms with van der Waals surface area (Å²) < 4.78 is 6.87. The standard InChI is InChI=1S/C16H19N3O3S/c1-22-13-2-3-15-11(7-13)6-12(9-23-15)18-16(21)14(8-20)19-5-4-17-10-19/h2-5,7,10,12,14,20H,6,8-9H2,1H3,(H,18,21). The molecule has 0 saturated carbocycles. The maximum atomic E-state index is 12.4. The molecule has 1 aliphatic rings. The molecule has 0 radical (unpaired) electrons. The van der Waals surface area contributed by atoms with E-state index in [0.29, 0.717) is 0 Å². The number of aliphatic hydroxyl groups excluding tert-OH is 1. The van der Waals surface area contributed by atoms with Crippen LogP contribution in [0.3, 0.4) is 0 Å². The third-order valence-corrected chi connectivity index (χ3v) is 5.16. The highest BCUT2D eigenvalue weighted by molar-refractivity contribution is 7.99. The van der Waals surface area contributed by atoms with Crippen molar-refractivity contribution in [1.82, 2.24) is 14.9 Å². The summed E-state index contributed by atoms with van der Waals surface area (Å²) in [5, 5.41) is 12.5. The lowest BCUT2D eigenvalue weighted by molar-refractivity contribution is -0.126. The van der Waals surface area contributed by atoms with Crippen molar-refractivity contribution >= 4 is 17.7 Å². The fourth-order valence-electron chi connectivity index (χ4n) is 2.65. The van der Waals surface area contributed by atoms with Gasteiger partial charge in [0.15, 0.2) is 0 Å². The first kappa shape index (κ1) is 15.9. The van der Waals surface area contributed by atoms with E-state index >= 15 is 0 Å². The second-order valence-corrected chi connectivity index (χ2v) is 6.46. The average Bonchev–Trinajstić information content (AvgIpc) is 3.09. The summed E-state index contributed by atoms with van der Waals surface area (Å²) in [6.45, 7) is -0.257. The molecule has 0 fully saturated rings. The molecular formula is C16H19N3O3S. The maximum Gasteiger partial charge on any atom is 0.245 e. The van der Waals surface area contributed by atoms with E-state index in [4.69, 9.17) is 4.74 Å². The number of fused-ring (bicyclic) bond motifs is 1. The molecule has 3 rings (SSSR count). The van der Waals surface area contributed by atoms with Crippen LogP contribution in [-0.4, -0.2) is 46.1 Å². The van der Waals surface area contributed by atoms with Crippen LogP contribution in [0.4, 0.5) is 0 Å². The van der Waals surface area contributed by atoms with Crippen LogP contribution < -0.4 is 10.1 Å². The molecule has 0 spiro atoms. The first-order valence-corrected chi connectivity index (χ1v) is 8.38. The van der Waals surface area contributed by atoms with Crippen molar-refractivity contribution in [2.45, 2.75) is 23.4 Å². The molecule has 2 unspecified atom stereocenters. The van der Waals surface area contributed by atoms with Crippen molar-refractivity contribution in [2.75, 3.05) is 19.5 Å². The van der Waals surface area contributed by atoms with Crippen LogP contribution >= 0.6 is 11.8 Å². The molecule has 1 amide bonds. The molecule has 1 aliphatic heterocycles. The van der Waals surface area contributed by atoms with Gasteiger partial charge >= 0.3 is 0 Å². The smallest absolute Gasteiger partial charge is 0.245 e. The summed E-state index contributed by atoms with van der Waals surface area (Å²) >= 11 is 1.72. The normalized spacial score (nSPS) is 18.1. The van der Waals surface area contributed by atoms with Gasteiger partial charge in [-0.1, -0.05) is 0 Å². The Morgan fingerprint density at radius 2 is 2.48 bits per heavy atom. The fourth-order valence-corrected chi connectivity index (χ4v) is 3.73. The van der Waals surface area contributed by atoms with Crippen molar-refractivity contribution in [1.29, 1.82) is 0 Å². The van der Waals surface area contributed by atoms with Crippen LogP contribution in [0.25, 0.3) is 0 Å². The Hall–Kier alpha value is -1.99. The maximum absolute atomic E-state index is 12.4. The lowest BCUT2D eigenvalue weighted by Crippen LogP contribution is -2.44. The fraction of sp³-hybridized carbons (Fsp3) is 0.375. The predicted octanol–water partition coefficient (Wildman–Crippen LogP) is 1.26. The van der Waals surface area contributed by atoms with Crippen LogP contribution in [0.1, 0.15) is 11.6 Å². The second-order valence-electron chi connectivity index (χ2n) is 5.40. The third kappa shape index (κ3) is 3.51. The van der Waals surface area contributed by atoms with Gasteiger partial charge in [-0.15, -0.1) is 11.8 Å². The van der Waals surface area contributed by atoms with E-state index in [2.05, 4.69) is 16.4 Å². The molecule has 0 aliphatic carbocycles. The van der Waals surface area contributed by atoms with Gasteiger partial charge in [0, 0.05) is 29.1 Å². The van der Waals surface area contributed by atoms with Gasteiger partial charge in [-0.3, -0.25) is 4.79 Å². The van der Waals surface area contributed by atoms with Crippen LogP contribution in [0.2, 0.25) is 0 Å². The number of ether oxygens (including phenoxy) is 1. The number of imidazole rings is 1. The minimum atomic E-state index is -0.644. The van der Waals surface area contributed by atoms with E-state index in [-0.39, 0.29) is 18.6 Å². The van der Waals surface area contributed by atoms with Gasteiger partial charge in [-0.05, 0) is 30.2 Å². The number of aliphatic hydroxyl groups is 1. The quantitative estimate of drug-likeness (QED) is 0.861. The van der Waals surface area contributed by atoms with E-state index in [9.17, 15) is 9.90 Å². The Bertz CT molecular complexity index is 675. The average molecular weight is 333 g/mol. The molecule has 2 aromatic rings. The number of hydrogen-bond acceptors (Lipinski definition) is 5. The van der Waals surface area contributed by atoms with Gasteiger partial charge in [0.05, 0.1) is 20.0 Å². The van der Waals surface area contributed by atoms with Crippen molar-refractivity contribution in [3.05, 3.63) is 42.5 Å². The van der Waals surface area contributed by atoms with Gasteiger partial charge in [0.25, 0.3) is 0 Å².